The van der Waals surface area contributed by atoms with Gasteiger partial charge in [-0.1, -0.05) is 12.1 Å². The second-order valence-electron chi connectivity index (χ2n) is 4.39. The molecule has 2 unspecified atom stereocenters. The van der Waals surface area contributed by atoms with Crippen molar-refractivity contribution in [3.63, 3.8) is 0 Å². The van der Waals surface area contributed by atoms with E-state index in [4.69, 9.17) is 11.6 Å². The van der Waals surface area contributed by atoms with Crippen LogP contribution in [0.25, 0.3) is 0 Å². The summed E-state index contributed by atoms with van der Waals surface area (Å²) in [5.74, 6) is 0. The van der Waals surface area contributed by atoms with Crippen LogP contribution < -0.4 is 4.72 Å². The maximum Gasteiger partial charge on any atom is 0.226 e. The van der Waals surface area contributed by atoms with E-state index in [0.717, 1.165) is 6.26 Å². The Morgan fingerprint density at radius 1 is 1.24 bits per heavy atom. The zero-order valence-corrected chi connectivity index (χ0v) is 13.4. The first-order valence-electron chi connectivity index (χ1n) is 5.70. The molecule has 0 aliphatic rings. The first-order chi connectivity index (χ1) is 9.60. The average Bonchev–Trinajstić information content (AvgIpc) is 2.43. The minimum absolute atomic E-state index is 0.0385. The zero-order valence-electron chi connectivity index (χ0n) is 11.0. The van der Waals surface area contributed by atoms with Crippen LogP contribution in [0.1, 0.15) is 11.7 Å². The maximum absolute atomic E-state index is 12.9. The molecule has 0 spiro atoms. The summed E-state index contributed by atoms with van der Waals surface area (Å²) in [4.78, 5) is 0.0385. The van der Waals surface area contributed by atoms with Crippen molar-refractivity contribution in [2.75, 3.05) is 18.1 Å². The Balaban J connectivity index is 2.98. The summed E-state index contributed by atoms with van der Waals surface area (Å²) in [6.07, 6.45) is -0.446. The number of sulfonamides is 1. The maximum atomic E-state index is 12.9. The second-order valence-corrected chi connectivity index (χ2v) is 8.74. The Hall–Kier alpha value is -0.740. The van der Waals surface area contributed by atoms with Crippen LogP contribution in [-0.4, -0.2) is 46.1 Å². The van der Waals surface area contributed by atoms with Crippen LogP contribution in [0.2, 0.25) is 0 Å². The quantitative estimate of drug-likeness (QED) is 0.693. The van der Waals surface area contributed by atoms with Crippen LogP contribution in [0, 0.1) is 0 Å². The fraction of sp³-hybridized carbons (Fsp3) is 0.455. The van der Waals surface area contributed by atoms with Crippen molar-refractivity contribution in [3.05, 3.63) is 29.8 Å². The first kappa shape index (κ1) is 18.3. The summed E-state index contributed by atoms with van der Waals surface area (Å²) in [6, 6.07) is 3.67. The number of aliphatic hydroxyl groups is 1. The van der Waals surface area contributed by atoms with Crippen LogP contribution in [0.3, 0.4) is 0 Å². The second kappa shape index (κ2) is 7.01. The van der Waals surface area contributed by atoms with Gasteiger partial charge in [0, 0.05) is 6.26 Å². The molecule has 0 aromatic heterocycles. The molecular weight excluding hydrogens is 345 g/mol. The minimum atomic E-state index is -3.90. The van der Waals surface area contributed by atoms with Crippen molar-refractivity contribution in [3.8, 4) is 0 Å². The lowest BCUT2D eigenvalue weighted by Gasteiger charge is -2.21. The third-order valence-corrected chi connectivity index (χ3v) is 5.61. The number of hydrogen-bond donors (Lipinski definition) is 2. The van der Waals surface area contributed by atoms with Crippen LogP contribution in [0.5, 0.6) is 0 Å². The predicted octanol–water partition coefficient (Wildman–Crippen LogP) is 0.577. The van der Waals surface area contributed by atoms with Gasteiger partial charge in [-0.2, -0.15) is 0 Å². The lowest BCUT2D eigenvalue weighted by molar-refractivity contribution is 0.124. The number of aliphatic hydroxyl groups excluding tert-OH is 1. The van der Waals surface area contributed by atoms with Gasteiger partial charge in [0.15, 0.2) is 9.84 Å². The Kier molecular flexibility index (Phi) is 6.11. The highest BCUT2D eigenvalue weighted by molar-refractivity contribution is 7.91. The van der Waals surface area contributed by atoms with E-state index in [1.807, 2.05) is 4.72 Å². The fourth-order valence-corrected chi connectivity index (χ4v) is 3.12. The van der Waals surface area contributed by atoms with Crippen LogP contribution >= 0.6 is 11.6 Å². The Bertz CT molecular complexity index is 675. The summed E-state index contributed by atoms with van der Waals surface area (Å²) in [7, 11) is -7.28. The highest BCUT2D eigenvalue weighted by Gasteiger charge is 2.25. The fourth-order valence-electron chi connectivity index (χ4n) is 1.59. The molecule has 1 aromatic rings. The molecule has 0 aliphatic carbocycles. The van der Waals surface area contributed by atoms with Gasteiger partial charge in [-0.25, -0.2) is 25.9 Å². The molecule has 0 bridgehead atoms. The van der Waals surface area contributed by atoms with E-state index in [1.165, 1.54) is 24.3 Å². The number of nitrogens with one attached hydrogen (secondary N) is 1. The summed E-state index contributed by atoms with van der Waals surface area (Å²) < 4.78 is 60.0. The lowest BCUT2D eigenvalue weighted by atomic mass is 10.0. The molecule has 0 saturated heterocycles. The van der Waals surface area contributed by atoms with Crippen LogP contribution in [-0.2, 0) is 19.9 Å². The Morgan fingerprint density at radius 3 is 2.14 bits per heavy atom. The van der Waals surface area contributed by atoms with Crippen molar-refractivity contribution < 1.29 is 26.3 Å². The van der Waals surface area contributed by atoms with Gasteiger partial charge in [-0.05, 0) is 17.7 Å². The van der Waals surface area contributed by atoms with Crippen molar-refractivity contribution in [1.29, 1.82) is 0 Å². The number of halogens is 2. The summed E-state index contributed by atoms with van der Waals surface area (Å²) in [5, 5.41) is 9.21. The predicted molar refractivity (Wildman–Crippen MR) is 77.1 cm³/mol. The lowest BCUT2D eigenvalue weighted by Crippen LogP contribution is -2.41. The summed E-state index contributed by atoms with van der Waals surface area (Å²) in [5.41, 5.74) is 0.183. The molecule has 0 amide bonds. The van der Waals surface area contributed by atoms with Gasteiger partial charge in [-0.15, -0.1) is 11.6 Å². The summed E-state index contributed by atoms with van der Waals surface area (Å²) >= 11 is 5.19. The molecule has 120 valence electrons. The molecule has 0 aliphatic heterocycles. The van der Waals surface area contributed by atoms with E-state index >= 15 is 0 Å². The average molecular weight is 360 g/mol. The van der Waals surface area contributed by atoms with Gasteiger partial charge in [0.2, 0.25) is 10.0 Å². The topological polar surface area (TPSA) is 101 Å². The van der Waals surface area contributed by atoms with Gasteiger partial charge in [0.1, 0.15) is 11.9 Å². The third-order valence-electron chi connectivity index (χ3n) is 2.67. The van der Waals surface area contributed by atoms with Gasteiger partial charge in [0.05, 0.1) is 17.0 Å². The molecule has 1 rings (SSSR count). The van der Waals surface area contributed by atoms with Gasteiger partial charge in [-0.3, -0.25) is 0 Å². The SMILES string of the molecule is CS(=O)(=O)c1ccc(C(O)C(CF)NS(=O)(=O)CCl)cc1. The molecule has 0 saturated carbocycles. The van der Waals surface area contributed by atoms with Gasteiger partial charge < -0.3 is 5.11 Å². The zero-order chi connectivity index (χ0) is 16.3. The third kappa shape index (κ3) is 5.19. The number of hydrogen-bond acceptors (Lipinski definition) is 5. The number of alkyl halides is 2. The van der Waals surface area contributed by atoms with Crippen molar-refractivity contribution in [2.45, 2.75) is 17.0 Å². The van der Waals surface area contributed by atoms with Crippen molar-refractivity contribution >= 4 is 31.5 Å². The largest absolute Gasteiger partial charge is 0.387 e. The highest BCUT2D eigenvalue weighted by Crippen LogP contribution is 2.20. The Morgan fingerprint density at radius 2 is 1.76 bits per heavy atom. The van der Waals surface area contributed by atoms with E-state index in [2.05, 4.69) is 0 Å². The molecule has 21 heavy (non-hydrogen) atoms. The number of benzene rings is 1. The van der Waals surface area contributed by atoms with Crippen molar-refractivity contribution in [2.24, 2.45) is 0 Å². The smallest absolute Gasteiger partial charge is 0.226 e. The van der Waals surface area contributed by atoms with E-state index in [9.17, 15) is 26.3 Å². The number of sulfone groups is 1. The van der Waals surface area contributed by atoms with E-state index in [0.29, 0.717) is 0 Å². The molecule has 1 aromatic carbocycles. The van der Waals surface area contributed by atoms with Gasteiger partial charge in [0.25, 0.3) is 0 Å². The van der Waals surface area contributed by atoms with Crippen LogP contribution in [0.15, 0.2) is 29.2 Å². The van der Waals surface area contributed by atoms with Crippen molar-refractivity contribution in [1.82, 2.24) is 4.72 Å². The van der Waals surface area contributed by atoms with E-state index in [-0.39, 0.29) is 10.5 Å². The molecule has 6 nitrogen and oxygen atoms in total. The monoisotopic (exact) mass is 359 g/mol. The molecule has 0 radical (unpaired) electrons. The first-order valence-corrected chi connectivity index (χ1v) is 9.78. The molecule has 0 fully saturated rings. The normalized spacial score (nSPS) is 15.6. The highest BCUT2D eigenvalue weighted by atomic mass is 35.5. The van der Waals surface area contributed by atoms with E-state index < -0.39 is 43.9 Å². The number of rotatable bonds is 7. The molecular formula is C11H15ClFNO5S2. The Labute approximate surface area is 127 Å². The minimum Gasteiger partial charge on any atom is -0.387 e. The molecule has 10 heteroatoms. The van der Waals surface area contributed by atoms with Gasteiger partial charge >= 0.3 is 0 Å². The molecule has 2 N–H and O–H groups in total. The standard InChI is InChI=1S/C11H15ClFNO5S2/c1-20(16,17)9-4-2-8(3-5-9)11(15)10(6-13)14-21(18,19)7-12/h2-5,10-11,14-15H,6-7H2,1H3. The van der Waals surface area contributed by atoms with E-state index in [1.54, 1.807) is 0 Å². The molecule has 0 heterocycles. The van der Waals surface area contributed by atoms with Crippen LogP contribution in [0.4, 0.5) is 4.39 Å². The summed E-state index contributed by atoms with van der Waals surface area (Å²) in [6.45, 7) is -1.15. The molecule has 2 atom stereocenters.